The van der Waals surface area contributed by atoms with Crippen LogP contribution < -0.4 is 5.32 Å². The molecule has 0 aliphatic carbocycles. The molecule has 4 N–H and O–H groups in total. The average molecular weight is 403 g/mol. The van der Waals surface area contributed by atoms with E-state index in [9.17, 15) is 15.3 Å². The van der Waals surface area contributed by atoms with Crippen molar-refractivity contribution in [2.75, 3.05) is 19.0 Å². The molecule has 0 bridgehead atoms. The summed E-state index contributed by atoms with van der Waals surface area (Å²) >= 11 is 1.54. The normalized spacial score (nSPS) is 24.7. The number of nitrogens with zero attached hydrogens (tertiary/aromatic N) is 4. The summed E-state index contributed by atoms with van der Waals surface area (Å²) in [5, 5.41) is 33.6. The van der Waals surface area contributed by atoms with E-state index in [1.165, 1.54) is 18.1 Å². The molecular formula is C18H21N5O4S. The van der Waals surface area contributed by atoms with Crippen molar-refractivity contribution in [1.29, 1.82) is 0 Å². The van der Waals surface area contributed by atoms with Gasteiger partial charge < -0.3 is 25.4 Å². The number of imidazole rings is 1. The molecule has 4 unspecified atom stereocenters. The monoisotopic (exact) mass is 403 g/mol. The Bertz CT molecular complexity index is 954. The van der Waals surface area contributed by atoms with E-state index in [2.05, 4.69) is 20.3 Å². The van der Waals surface area contributed by atoms with Crippen LogP contribution in [-0.4, -0.2) is 66.8 Å². The summed E-state index contributed by atoms with van der Waals surface area (Å²) < 4.78 is 7.26. The van der Waals surface area contributed by atoms with Crippen molar-refractivity contribution in [3.8, 4) is 0 Å². The first kappa shape index (κ1) is 19.1. The van der Waals surface area contributed by atoms with Gasteiger partial charge in [-0.2, -0.15) is 0 Å². The van der Waals surface area contributed by atoms with Gasteiger partial charge in [-0.15, -0.1) is 0 Å². The molecule has 1 fully saturated rings. The number of benzene rings is 1. The molecule has 3 aromatic rings. The number of ether oxygens (including phenoxy) is 1. The maximum atomic E-state index is 10.4. The van der Waals surface area contributed by atoms with Gasteiger partial charge in [0.25, 0.3) is 0 Å². The molecule has 4 atom stereocenters. The molecule has 0 amide bonds. The molecule has 2 aromatic heterocycles. The van der Waals surface area contributed by atoms with Crippen LogP contribution in [0.15, 0.2) is 41.7 Å². The van der Waals surface area contributed by atoms with Gasteiger partial charge >= 0.3 is 0 Å². The van der Waals surface area contributed by atoms with E-state index in [1.807, 2.05) is 30.3 Å². The van der Waals surface area contributed by atoms with Crippen LogP contribution in [0.1, 0.15) is 11.8 Å². The molecule has 1 aliphatic rings. The fourth-order valence-electron chi connectivity index (χ4n) is 3.23. The third-order valence-corrected chi connectivity index (χ3v) is 5.71. The van der Waals surface area contributed by atoms with E-state index in [4.69, 9.17) is 4.74 Å². The molecule has 0 saturated carbocycles. The number of anilines is 1. The highest BCUT2D eigenvalue weighted by molar-refractivity contribution is 7.98. The Kier molecular flexibility index (Phi) is 5.47. The minimum atomic E-state index is -1.22. The smallest absolute Gasteiger partial charge is 0.207 e. The first-order valence-electron chi connectivity index (χ1n) is 8.84. The van der Waals surface area contributed by atoms with Crippen molar-refractivity contribution < 1.29 is 20.1 Å². The lowest BCUT2D eigenvalue weighted by Crippen LogP contribution is -2.33. The summed E-state index contributed by atoms with van der Waals surface area (Å²) in [6.07, 6.45) is -2.80. The topological polar surface area (TPSA) is 126 Å². The van der Waals surface area contributed by atoms with Crippen LogP contribution in [0.4, 0.5) is 5.95 Å². The summed E-state index contributed by atoms with van der Waals surface area (Å²) in [5.41, 5.74) is 2.21. The van der Waals surface area contributed by atoms with E-state index >= 15 is 0 Å². The third-order valence-electron chi connectivity index (χ3n) is 4.66. The number of aliphatic hydroxyl groups is 3. The molecule has 1 aliphatic heterocycles. The van der Waals surface area contributed by atoms with Crippen LogP contribution in [-0.2, 0) is 10.5 Å². The van der Waals surface area contributed by atoms with Gasteiger partial charge in [-0.3, -0.25) is 4.57 Å². The Labute approximate surface area is 165 Å². The predicted octanol–water partition coefficient (Wildman–Crippen LogP) is 0.772. The predicted molar refractivity (Wildman–Crippen MR) is 104 cm³/mol. The van der Waals surface area contributed by atoms with Crippen LogP contribution in [0.5, 0.6) is 0 Å². The third kappa shape index (κ3) is 3.33. The molecule has 0 spiro atoms. The molecule has 3 heterocycles. The Morgan fingerprint density at radius 3 is 2.64 bits per heavy atom. The lowest BCUT2D eigenvalue weighted by molar-refractivity contribution is -0.0501. The Morgan fingerprint density at radius 1 is 1.18 bits per heavy atom. The van der Waals surface area contributed by atoms with Gasteiger partial charge in [-0.1, -0.05) is 42.1 Å². The van der Waals surface area contributed by atoms with Gasteiger partial charge in [-0.25, -0.2) is 15.0 Å². The molecule has 9 nitrogen and oxygen atoms in total. The summed E-state index contributed by atoms with van der Waals surface area (Å²) in [6.45, 7) is -0.399. The minimum Gasteiger partial charge on any atom is -0.394 e. The molecule has 1 saturated heterocycles. The summed E-state index contributed by atoms with van der Waals surface area (Å²) in [4.78, 5) is 13.2. The molecular weight excluding hydrogens is 382 g/mol. The zero-order valence-electron chi connectivity index (χ0n) is 15.1. The van der Waals surface area contributed by atoms with Gasteiger partial charge in [-0.05, 0) is 5.56 Å². The van der Waals surface area contributed by atoms with Crippen LogP contribution in [0.3, 0.4) is 0 Å². The number of aliphatic hydroxyl groups excluding tert-OH is 3. The molecule has 28 heavy (non-hydrogen) atoms. The van der Waals surface area contributed by atoms with Gasteiger partial charge in [0, 0.05) is 12.8 Å². The first-order chi connectivity index (χ1) is 13.6. The fraction of sp³-hybridized carbons (Fsp3) is 0.389. The summed E-state index contributed by atoms with van der Waals surface area (Å²) in [7, 11) is 1.70. The van der Waals surface area contributed by atoms with Crippen molar-refractivity contribution in [2.24, 2.45) is 0 Å². The largest absolute Gasteiger partial charge is 0.394 e. The van der Waals surface area contributed by atoms with Crippen LogP contribution in [0.25, 0.3) is 11.2 Å². The van der Waals surface area contributed by atoms with Gasteiger partial charge in [0.05, 0.1) is 6.61 Å². The second-order valence-corrected chi connectivity index (χ2v) is 7.37. The molecule has 0 radical (unpaired) electrons. The van der Waals surface area contributed by atoms with E-state index in [-0.39, 0.29) is 0 Å². The highest BCUT2D eigenvalue weighted by atomic mass is 32.2. The van der Waals surface area contributed by atoms with E-state index in [1.54, 1.807) is 11.6 Å². The molecule has 1 aromatic carbocycles. The Balaban J connectivity index is 1.70. The van der Waals surface area contributed by atoms with Crippen molar-refractivity contribution in [3.63, 3.8) is 0 Å². The number of hydrogen-bond acceptors (Lipinski definition) is 9. The maximum absolute atomic E-state index is 10.4. The van der Waals surface area contributed by atoms with Gasteiger partial charge in [0.2, 0.25) is 5.95 Å². The van der Waals surface area contributed by atoms with E-state index in [0.717, 1.165) is 11.3 Å². The number of nitrogens with one attached hydrogen (secondary N) is 1. The Hall–Kier alpha value is -2.24. The van der Waals surface area contributed by atoms with Crippen LogP contribution >= 0.6 is 11.8 Å². The quantitative estimate of drug-likeness (QED) is 0.349. The molecule has 4 rings (SSSR count). The molecule has 10 heteroatoms. The standard InChI is InChI=1S/C18H21N5O4S/c1-19-18-22-12-15(23(18)17-14(26)13(25)11(7-24)27-17)20-9-21-16(12)28-8-10-5-3-2-4-6-10/h2-6,9,11,13-14,17,24-26H,7-8H2,1H3,(H,19,22). The number of hydrogen-bond donors (Lipinski definition) is 4. The van der Waals surface area contributed by atoms with E-state index in [0.29, 0.717) is 22.1 Å². The van der Waals surface area contributed by atoms with Crippen LogP contribution in [0, 0.1) is 0 Å². The average Bonchev–Trinajstić information content (AvgIpc) is 3.24. The van der Waals surface area contributed by atoms with Crippen molar-refractivity contribution in [2.45, 2.75) is 35.3 Å². The number of fused-ring (bicyclic) bond motifs is 1. The number of aromatic nitrogens is 4. The minimum absolute atomic E-state index is 0.399. The zero-order chi connectivity index (χ0) is 19.7. The SMILES string of the molecule is CNc1nc2c(SCc3ccccc3)ncnc2n1C1OC(CO)C(O)C1O. The summed E-state index contributed by atoms with van der Waals surface area (Å²) in [5.74, 6) is 1.15. The van der Waals surface area contributed by atoms with Crippen LogP contribution in [0.2, 0.25) is 0 Å². The molecule has 148 valence electrons. The Morgan fingerprint density at radius 2 is 1.96 bits per heavy atom. The maximum Gasteiger partial charge on any atom is 0.207 e. The van der Waals surface area contributed by atoms with Crippen molar-refractivity contribution in [1.82, 2.24) is 19.5 Å². The highest BCUT2D eigenvalue weighted by Gasteiger charge is 2.45. The fourth-order valence-corrected chi connectivity index (χ4v) is 4.12. The van der Waals surface area contributed by atoms with Gasteiger partial charge in [0.15, 0.2) is 11.9 Å². The van der Waals surface area contributed by atoms with Crippen molar-refractivity contribution in [3.05, 3.63) is 42.2 Å². The highest BCUT2D eigenvalue weighted by Crippen LogP contribution is 2.36. The first-order valence-corrected chi connectivity index (χ1v) is 9.82. The zero-order valence-corrected chi connectivity index (χ0v) is 16.0. The lowest BCUT2D eigenvalue weighted by atomic mass is 10.1. The lowest BCUT2D eigenvalue weighted by Gasteiger charge is -2.18. The second-order valence-electron chi connectivity index (χ2n) is 6.41. The number of rotatable bonds is 6. The second kappa shape index (κ2) is 8.02. The van der Waals surface area contributed by atoms with Gasteiger partial charge in [0.1, 0.15) is 35.2 Å². The number of thioether (sulfide) groups is 1. The van der Waals surface area contributed by atoms with E-state index < -0.39 is 31.1 Å². The summed E-state index contributed by atoms with van der Waals surface area (Å²) in [6, 6.07) is 10.0. The van der Waals surface area contributed by atoms with Crippen molar-refractivity contribution >= 4 is 28.9 Å².